The third-order valence-electron chi connectivity index (χ3n) is 3.60. The first-order chi connectivity index (χ1) is 11.7. The highest BCUT2D eigenvalue weighted by atomic mass is 16.5. The van der Waals surface area contributed by atoms with E-state index in [-0.39, 0.29) is 12.2 Å². The van der Waals surface area contributed by atoms with Crippen molar-refractivity contribution in [2.24, 2.45) is 0 Å². The second kappa shape index (κ2) is 9.91. The molecule has 2 unspecified atom stereocenters. The van der Waals surface area contributed by atoms with E-state index in [1.54, 1.807) is 7.11 Å². The third kappa shape index (κ3) is 5.84. The summed E-state index contributed by atoms with van der Waals surface area (Å²) in [5.74, 6) is 0. The summed E-state index contributed by atoms with van der Waals surface area (Å²) in [5, 5.41) is 0. The van der Waals surface area contributed by atoms with Gasteiger partial charge in [0.2, 0.25) is 0 Å². The van der Waals surface area contributed by atoms with Crippen molar-refractivity contribution in [1.29, 1.82) is 0 Å². The molecule has 2 aromatic rings. The predicted molar refractivity (Wildman–Crippen MR) is 97.8 cm³/mol. The Labute approximate surface area is 144 Å². The second-order valence-electron chi connectivity index (χ2n) is 5.81. The minimum atomic E-state index is -0.0354. The molecule has 0 heterocycles. The van der Waals surface area contributed by atoms with Crippen LogP contribution in [0.1, 0.15) is 25.0 Å². The van der Waals surface area contributed by atoms with Crippen LogP contribution in [0.4, 0.5) is 0 Å². The van der Waals surface area contributed by atoms with E-state index in [1.165, 1.54) is 0 Å². The summed E-state index contributed by atoms with van der Waals surface area (Å²) in [7, 11) is 1.68. The number of hydrogen-bond donors (Lipinski definition) is 0. The lowest BCUT2D eigenvalue weighted by Gasteiger charge is -2.17. The summed E-state index contributed by atoms with van der Waals surface area (Å²) in [6, 6.07) is 20.5. The minimum absolute atomic E-state index is 0.0354. The van der Waals surface area contributed by atoms with Gasteiger partial charge < -0.3 is 14.2 Å². The molecule has 2 aromatic carbocycles. The number of ether oxygens (including phenoxy) is 3. The summed E-state index contributed by atoms with van der Waals surface area (Å²) >= 11 is 0. The van der Waals surface area contributed by atoms with E-state index in [0.29, 0.717) is 13.2 Å². The topological polar surface area (TPSA) is 27.7 Å². The quantitative estimate of drug-likeness (QED) is 0.634. The molecule has 0 N–H and O–H groups in total. The van der Waals surface area contributed by atoms with Gasteiger partial charge in [-0.1, -0.05) is 60.7 Å². The van der Waals surface area contributed by atoms with Crippen LogP contribution in [0.15, 0.2) is 66.9 Å². The largest absolute Gasteiger partial charge is 0.495 e. The number of methoxy groups -OCH3 is 1. The first kappa shape index (κ1) is 18.2. The standard InChI is InChI=1S/C21H26O3/c1-17(14-22-3)23-15-18(2)24-16-21(19-10-6-4-7-11-19)20-12-8-5-9-13-20/h4-13,16-18H,14-15H2,1-3H3. The zero-order valence-corrected chi connectivity index (χ0v) is 14.6. The molecule has 0 aromatic heterocycles. The van der Waals surface area contributed by atoms with Gasteiger partial charge in [-0.15, -0.1) is 0 Å². The van der Waals surface area contributed by atoms with Crippen molar-refractivity contribution in [1.82, 2.24) is 0 Å². The molecular formula is C21H26O3. The molecule has 0 amide bonds. The van der Waals surface area contributed by atoms with Crippen molar-refractivity contribution in [3.8, 4) is 0 Å². The molecule has 3 heteroatoms. The molecule has 0 bridgehead atoms. The summed E-state index contributed by atoms with van der Waals surface area (Å²) in [4.78, 5) is 0. The molecule has 2 atom stereocenters. The van der Waals surface area contributed by atoms with Crippen LogP contribution in [-0.2, 0) is 14.2 Å². The SMILES string of the molecule is COCC(C)OCC(C)OC=C(c1ccccc1)c1ccccc1. The summed E-state index contributed by atoms with van der Waals surface area (Å²) < 4.78 is 16.7. The highest BCUT2D eigenvalue weighted by Crippen LogP contribution is 2.23. The highest BCUT2D eigenvalue weighted by Gasteiger charge is 2.09. The van der Waals surface area contributed by atoms with E-state index in [4.69, 9.17) is 14.2 Å². The molecule has 0 aliphatic rings. The smallest absolute Gasteiger partial charge is 0.118 e. The molecule has 0 saturated heterocycles. The molecule has 0 spiro atoms. The Balaban J connectivity index is 2.06. The monoisotopic (exact) mass is 326 g/mol. The fourth-order valence-corrected chi connectivity index (χ4v) is 2.34. The lowest BCUT2D eigenvalue weighted by Crippen LogP contribution is -2.22. The van der Waals surface area contributed by atoms with E-state index in [1.807, 2.05) is 56.5 Å². The molecule has 128 valence electrons. The molecular weight excluding hydrogens is 300 g/mol. The number of benzene rings is 2. The normalized spacial score (nSPS) is 13.1. The maximum atomic E-state index is 5.91. The number of rotatable bonds is 9. The fourth-order valence-electron chi connectivity index (χ4n) is 2.34. The van der Waals surface area contributed by atoms with E-state index in [0.717, 1.165) is 16.7 Å². The van der Waals surface area contributed by atoms with Crippen LogP contribution < -0.4 is 0 Å². The van der Waals surface area contributed by atoms with Crippen molar-refractivity contribution >= 4 is 5.57 Å². The van der Waals surface area contributed by atoms with Crippen molar-refractivity contribution in [3.63, 3.8) is 0 Å². The first-order valence-electron chi connectivity index (χ1n) is 8.27. The Morgan fingerprint density at radius 3 is 1.88 bits per heavy atom. The van der Waals surface area contributed by atoms with Crippen molar-refractivity contribution in [3.05, 3.63) is 78.1 Å². The Kier molecular flexibility index (Phi) is 7.53. The van der Waals surface area contributed by atoms with Gasteiger partial charge in [-0.2, -0.15) is 0 Å². The van der Waals surface area contributed by atoms with Crippen LogP contribution in [0.2, 0.25) is 0 Å². The fraction of sp³-hybridized carbons (Fsp3) is 0.333. The first-order valence-corrected chi connectivity index (χ1v) is 8.27. The zero-order chi connectivity index (χ0) is 17.2. The van der Waals surface area contributed by atoms with Gasteiger partial charge in [0, 0.05) is 12.7 Å². The summed E-state index contributed by atoms with van der Waals surface area (Å²) in [5.41, 5.74) is 3.32. The summed E-state index contributed by atoms with van der Waals surface area (Å²) in [6.45, 7) is 5.11. The average Bonchev–Trinajstić information content (AvgIpc) is 2.62. The van der Waals surface area contributed by atoms with Crippen molar-refractivity contribution in [2.45, 2.75) is 26.1 Å². The molecule has 0 fully saturated rings. The van der Waals surface area contributed by atoms with Crippen LogP contribution in [0.5, 0.6) is 0 Å². The zero-order valence-electron chi connectivity index (χ0n) is 14.6. The molecule has 2 rings (SSSR count). The minimum Gasteiger partial charge on any atom is -0.495 e. The maximum absolute atomic E-state index is 5.91. The van der Waals surface area contributed by atoms with Crippen LogP contribution >= 0.6 is 0 Å². The Morgan fingerprint density at radius 1 is 0.833 bits per heavy atom. The Hall–Kier alpha value is -2.10. The van der Waals surface area contributed by atoms with E-state index < -0.39 is 0 Å². The molecule has 0 radical (unpaired) electrons. The van der Waals surface area contributed by atoms with Crippen LogP contribution in [-0.4, -0.2) is 32.5 Å². The number of hydrogen-bond acceptors (Lipinski definition) is 3. The van der Waals surface area contributed by atoms with Gasteiger partial charge in [-0.05, 0) is 25.0 Å². The Morgan fingerprint density at radius 2 is 1.38 bits per heavy atom. The van der Waals surface area contributed by atoms with Gasteiger partial charge >= 0.3 is 0 Å². The summed E-state index contributed by atoms with van der Waals surface area (Å²) in [6.07, 6.45) is 1.86. The van der Waals surface area contributed by atoms with Crippen LogP contribution in [0, 0.1) is 0 Å². The van der Waals surface area contributed by atoms with Gasteiger partial charge in [0.25, 0.3) is 0 Å². The third-order valence-corrected chi connectivity index (χ3v) is 3.60. The van der Waals surface area contributed by atoms with Crippen molar-refractivity contribution in [2.75, 3.05) is 20.3 Å². The van der Waals surface area contributed by atoms with E-state index >= 15 is 0 Å². The Bertz CT molecular complexity index is 566. The van der Waals surface area contributed by atoms with Gasteiger partial charge in [-0.25, -0.2) is 0 Å². The van der Waals surface area contributed by atoms with Crippen molar-refractivity contribution < 1.29 is 14.2 Å². The maximum Gasteiger partial charge on any atom is 0.118 e. The van der Waals surface area contributed by atoms with E-state index in [9.17, 15) is 0 Å². The molecule has 0 saturated carbocycles. The van der Waals surface area contributed by atoms with Gasteiger partial charge in [-0.3, -0.25) is 0 Å². The predicted octanol–water partition coefficient (Wildman–Crippen LogP) is 4.53. The van der Waals surface area contributed by atoms with Crippen LogP contribution in [0.25, 0.3) is 5.57 Å². The van der Waals surface area contributed by atoms with Crippen LogP contribution in [0.3, 0.4) is 0 Å². The molecule has 24 heavy (non-hydrogen) atoms. The highest BCUT2D eigenvalue weighted by molar-refractivity contribution is 5.78. The second-order valence-corrected chi connectivity index (χ2v) is 5.81. The lowest BCUT2D eigenvalue weighted by atomic mass is 9.99. The van der Waals surface area contributed by atoms with E-state index in [2.05, 4.69) is 24.3 Å². The lowest BCUT2D eigenvalue weighted by molar-refractivity contribution is -0.0302. The van der Waals surface area contributed by atoms with Gasteiger partial charge in [0.15, 0.2) is 0 Å². The average molecular weight is 326 g/mol. The van der Waals surface area contributed by atoms with Gasteiger partial charge in [0.1, 0.15) is 6.10 Å². The molecule has 0 aliphatic carbocycles. The molecule has 0 aliphatic heterocycles. The molecule has 3 nitrogen and oxygen atoms in total. The van der Waals surface area contributed by atoms with Gasteiger partial charge in [0.05, 0.1) is 25.6 Å².